The van der Waals surface area contributed by atoms with E-state index in [4.69, 9.17) is 16.3 Å². The van der Waals surface area contributed by atoms with Gasteiger partial charge in [0, 0.05) is 0 Å². The van der Waals surface area contributed by atoms with Crippen molar-refractivity contribution in [3.63, 3.8) is 0 Å². The Labute approximate surface area is 93.0 Å². The minimum absolute atomic E-state index is 0.0364. The van der Waals surface area contributed by atoms with Crippen molar-refractivity contribution in [2.24, 2.45) is 0 Å². The van der Waals surface area contributed by atoms with Crippen molar-refractivity contribution in [1.82, 2.24) is 0 Å². The average Bonchev–Trinajstić information content (AvgIpc) is 2.14. The second-order valence-electron chi connectivity index (χ2n) is 3.19. The maximum absolute atomic E-state index is 13.1. The van der Waals surface area contributed by atoms with Crippen molar-refractivity contribution in [1.29, 1.82) is 0 Å². The summed E-state index contributed by atoms with van der Waals surface area (Å²) in [6, 6.07) is 3.04. The van der Waals surface area contributed by atoms with Gasteiger partial charge in [0.1, 0.15) is 5.82 Å². The minimum Gasteiger partial charge on any atom is -0.466 e. The number of rotatable bonds is 3. The Morgan fingerprint density at radius 1 is 1.53 bits per heavy atom. The smallest absolute Gasteiger partial charge is 0.310 e. The number of carbonyl (C=O) groups excluding carboxylic acids is 1. The lowest BCUT2D eigenvalue weighted by molar-refractivity contribution is -0.142. The third-order valence-corrected chi connectivity index (χ3v) is 2.20. The standard InChI is InChI=1S/C11H12ClFO2/c1-3-15-10(14)6-8-4-7(2)11(13)9(12)5-8/h4-5H,3,6H2,1-2H3. The molecule has 0 unspecified atom stereocenters. The molecule has 0 aliphatic carbocycles. The Morgan fingerprint density at radius 3 is 2.73 bits per heavy atom. The van der Waals surface area contributed by atoms with Crippen molar-refractivity contribution < 1.29 is 13.9 Å². The van der Waals surface area contributed by atoms with Crippen LogP contribution >= 0.6 is 11.6 Å². The quantitative estimate of drug-likeness (QED) is 0.747. The normalized spacial score (nSPS) is 10.1. The molecule has 4 heteroatoms. The zero-order valence-electron chi connectivity index (χ0n) is 8.64. The lowest BCUT2D eigenvalue weighted by Gasteiger charge is -2.05. The van der Waals surface area contributed by atoms with Crippen molar-refractivity contribution >= 4 is 17.6 Å². The number of benzene rings is 1. The fourth-order valence-corrected chi connectivity index (χ4v) is 1.57. The summed E-state index contributed by atoms with van der Waals surface area (Å²) in [5, 5.41) is 0.0364. The average molecular weight is 231 g/mol. The monoisotopic (exact) mass is 230 g/mol. The predicted molar refractivity (Wildman–Crippen MR) is 56.5 cm³/mol. The van der Waals surface area contributed by atoms with Gasteiger partial charge < -0.3 is 4.74 Å². The molecule has 0 saturated carbocycles. The number of hydrogen-bond acceptors (Lipinski definition) is 2. The first-order valence-corrected chi connectivity index (χ1v) is 5.02. The maximum atomic E-state index is 13.1. The van der Waals surface area contributed by atoms with Crippen LogP contribution in [0.25, 0.3) is 0 Å². The van der Waals surface area contributed by atoms with E-state index in [2.05, 4.69) is 0 Å². The first kappa shape index (κ1) is 12.0. The lowest BCUT2D eigenvalue weighted by Crippen LogP contribution is -2.07. The highest BCUT2D eigenvalue weighted by Crippen LogP contribution is 2.20. The van der Waals surface area contributed by atoms with Crippen LogP contribution in [0.4, 0.5) is 4.39 Å². The molecule has 1 aromatic rings. The molecule has 0 heterocycles. The van der Waals surface area contributed by atoms with E-state index in [1.54, 1.807) is 19.9 Å². The molecule has 0 saturated heterocycles. The summed E-state index contributed by atoms with van der Waals surface area (Å²) in [6.45, 7) is 3.68. The molecule has 0 radical (unpaired) electrons. The fourth-order valence-electron chi connectivity index (χ4n) is 1.28. The molecule has 1 aromatic carbocycles. The number of hydrogen-bond donors (Lipinski definition) is 0. The SMILES string of the molecule is CCOC(=O)Cc1cc(C)c(F)c(Cl)c1. The van der Waals surface area contributed by atoms with Gasteiger partial charge in [0.15, 0.2) is 0 Å². The fraction of sp³-hybridized carbons (Fsp3) is 0.364. The Morgan fingerprint density at radius 2 is 2.20 bits per heavy atom. The van der Waals surface area contributed by atoms with Crippen LogP contribution in [-0.2, 0) is 16.0 Å². The summed E-state index contributed by atoms with van der Waals surface area (Å²) in [5.74, 6) is -0.774. The van der Waals surface area contributed by atoms with Crippen molar-refractivity contribution in [3.8, 4) is 0 Å². The third-order valence-electron chi connectivity index (χ3n) is 1.92. The van der Waals surface area contributed by atoms with Crippen molar-refractivity contribution in [3.05, 3.63) is 34.1 Å². The summed E-state index contributed by atoms with van der Waals surface area (Å²) >= 11 is 5.65. The molecule has 0 amide bonds. The molecule has 82 valence electrons. The number of ether oxygens (including phenoxy) is 1. The molecule has 0 spiro atoms. The largest absolute Gasteiger partial charge is 0.466 e. The van der Waals surface area contributed by atoms with Gasteiger partial charge in [0.25, 0.3) is 0 Å². The van der Waals surface area contributed by atoms with E-state index in [1.165, 1.54) is 6.07 Å². The van der Waals surface area contributed by atoms with Gasteiger partial charge in [0.05, 0.1) is 18.1 Å². The highest BCUT2D eigenvalue weighted by atomic mass is 35.5. The maximum Gasteiger partial charge on any atom is 0.310 e. The predicted octanol–water partition coefficient (Wildman–Crippen LogP) is 2.89. The highest BCUT2D eigenvalue weighted by molar-refractivity contribution is 6.30. The molecule has 2 nitrogen and oxygen atoms in total. The van der Waals surface area contributed by atoms with Gasteiger partial charge in [-0.3, -0.25) is 4.79 Å². The number of carbonyl (C=O) groups is 1. The third kappa shape index (κ3) is 3.20. The first-order chi connectivity index (χ1) is 7.04. The summed E-state index contributed by atoms with van der Waals surface area (Å²) in [4.78, 5) is 11.2. The van der Waals surface area contributed by atoms with E-state index in [-0.39, 0.29) is 17.4 Å². The van der Waals surface area contributed by atoms with E-state index in [1.807, 2.05) is 0 Å². The first-order valence-electron chi connectivity index (χ1n) is 4.64. The van der Waals surface area contributed by atoms with E-state index in [9.17, 15) is 9.18 Å². The Bertz CT molecular complexity index is 354. The zero-order chi connectivity index (χ0) is 11.4. The highest BCUT2D eigenvalue weighted by Gasteiger charge is 2.09. The van der Waals surface area contributed by atoms with E-state index < -0.39 is 5.82 Å². The van der Waals surface area contributed by atoms with Gasteiger partial charge in [-0.15, -0.1) is 0 Å². The minimum atomic E-state index is -0.440. The molecule has 1 rings (SSSR count). The molecule has 0 aromatic heterocycles. The van der Waals surface area contributed by atoms with Crippen LogP contribution in [0.3, 0.4) is 0 Å². The summed E-state index contributed by atoms with van der Waals surface area (Å²) in [5.41, 5.74) is 1.10. The van der Waals surface area contributed by atoms with Gasteiger partial charge in [-0.1, -0.05) is 17.7 Å². The van der Waals surface area contributed by atoms with Crippen LogP contribution < -0.4 is 0 Å². The van der Waals surface area contributed by atoms with Gasteiger partial charge in [-0.05, 0) is 31.0 Å². The van der Waals surface area contributed by atoms with Gasteiger partial charge in [0.2, 0.25) is 0 Å². The molecule has 0 fully saturated rings. The summed E-state index contributed by atoms with van der Waals surface area (Å²) in [7, 11) is 0. The van der Waals surface area contributed by atoms with E-state index >= 15 is 0 Å². The van der Waals surface area contributed by atoms with Crippen LogP contribution in [-0.4, -0.2) is 12.6 Å². The number of aryl methyl sites for hydroxylation is 1. The molecular weight excluding hydrogens is 219 g/mol. The van der Waals surface area contributed by atoms with Crippen LogP contribution in [0, 0.1) is 12.7 Å². The number of halogens is 2. The zero-order valence-corrected chi connectivity index (χ0v) is 9.40. The molecule has 0 aliphatic rings. The Balaban J connectivity index is 2.83. The Hall–Kier alpha value is -1.09. The molecular formula is C11H12ClFO2. The number of esters is 1. The van der Waals surface area contributed by atoms with Crippen LogP contribution in [0.15, 0.2) is 12.1 Å². The summed E-state index contributed by atoms with van der Waals surface area (Å²) in [6.07, 6.45) is 0.120. The van der Waals surface area contributed by atoms with Crippen LogP contribution in [0.2, 0.25) is 5.02 Å². The Kier molecular flexibility index (Phi) is 4.09. The van der Waals surface area contributed by atoms with Gasteiger partial charge >= 0.3 is 5.97 Å². The topological polar surface area (TPSA) is 26.3 Å². The summed E-state index contributed by atoms with van der Waals surface area (Å²) < 4.78 is 17.9. The van der Waals surface area contributed by atoms with Gasteiger partial charge in [-0.25, -0.2) is 4.39 Å². The lowest BCUT2D eigenvalue weighted by atomic mass is 10.1. The molecule has 0 N–H and O–H groups in total. The van der Waals surface area contributed by atoms with Crippen molar-refractivity contribution in [2.45, 2.75) is 20.3 Å². The van der Waals surface area contributed by atoms with E-state index in [0.29, 0.717) is 17.7 Å². The second kappa shape index (κ2) is 5.12. The molecule has 15 heavy (non-hydrogen) atoms. The second-order valence-corrected chi connectivity index (χ2v) is 3.60. The van der Waals surface area contributed by atoms with Crippen molar-refractivity contribution in [2.75, 3.05) is 6.61 Å². The molecule has 0 atom stereocenters. The van der Waals surface area contributed by atoms with E-state index in [0.717, 1.165) is 0 Å². The molecule has 0 bridgehead atoms. The van der Waals surface area contributed by atoms with Gasteiger partial charge in [-0.2, -0.15) is 0 Å². The molecule has 0 aliphatic heterocycles. The van der Waals surface area contributed by atoms with Crippen LogP contribution in [0.5, 0.6) is 0 Å². The van der Waals surface area contributed by atoms with Crippen LogP contribution in [0.1, 0.15) is 18.1 Å².